The highest BCUT2D eigenvalue weighted by Crippen LogP contribution is 2.38. The van der Waals surface area contributed by atoms with Gasteiger partial charge in [-0.2, -0.15) is 4.98 Å². The number of halogens is 1. The van der Waals surface area contributed by atoms with E-state index in [-0.39, 0.29) is 11.9 Å². The van der Waals surface area contributed by atoms with Crippen LogP contribution in [-0.4, -0.2) is 26.8 Å². The van der Waals surface area contributed by atoms with Crippen LogP contribution >= 0.6 is 11.8 Å². The summed E-state index contributed by atoms with van der Waals surface area (Å²) in [7, 11) is 0. The van der Waals surface area contributed by atoms with Crippen LogP contribution in [-0.2, 0) is 21.9 Å². The zero-order chi connectivity index (χ0) is 27.4. The minimum atomic E-state index is -0.564. The van der Waals surface area contributed by atoms with Crippen molar-refractivity contribution in [2.75, 3.05) is 5.32 Å². The Hall–Kier alpha value is -4.11. The maximum Gasteiger partial charge on any atom is 0.338 e. The van der Waals surface area contributed by atoms with E-state index in [1.165, 1.54) is 17.8 Å². The topological polar surface area (TPSA) is 78.3 Å². The largest absolute Gasteiger partial charge is 0.489 e. The fourth-order valence-corrected chi connectivity index (χ4v) is 5.10. The van der Waals surface area contributed by atoms with E-state index < -0.39 is 12.0 Å². The van der Waals surface area contributed by atoms with E-state index in [0.717, 1.165) is 11.1 Å². The predicted molar refractivity (Wildman–Crippen MR) is 149 cm³/mol. The van der Waals surface area contributed by atoms with Crippen LogP contribution in [0.1, 0.15) is 43.5 Å². The molecule has 0 fully saturated rings. The molecular weight excluding hydrogens is 515 g/mol. The molecule has 3 aromatic carbocycles. The summed E-state index contributed by atoms with van der Waals surface area (Å²) >= 11 is 1.33. The number of fused-ring (bicyclic) bond motifs is 1. The number of carbonyl (C=O) groups excluding carboxylic acids is 1. The second kappa shape index (κ2) is 11.7. The van der Waals surface area contributed by atoms with Gasteiger partial charge in [-0.1, -0.05) is 72.4 Å². The molecule has 200 valence electrons. The highest BCUT2D eigenvalue weighted by molar-refractivity contribution is 7.98. The molecular formula is C30H29FN4O3S. The number of nitrogens with one attached hydrogen (secondary N) is 1. The van der Waals surface area contributed by atoms with Crippen LogP contribution < -0.4 is 10.1 Å². The van der Waals surface area contributed by atoms with E-state index in [0.29, 0.717) is 46.0 Å². The molecule has 2 heterocycles. The van der Waals surface area contributed by atoms with Crippen molar-refractivity contribution in [1.82, 2.24) is 14.8 Å². The first kappa shape index (κ1) is 26.5. The van der Waals surface area contributed by atoms with E-state index in [9.17, 15) is 9.18 Å². The molecule has 0 spiro atoms. The van der Waals surface area contributed by atoms with Crippen LogP contribution in [0.2, 0.25) is 0 Å². The number of rotatable bonds is 9. The van der Waals surface area contributed by atoms with Crippen LogP contribution in [0, 0.1) is 5.82 Å². The smallest absolute Gasteiger partial charge is 0.338 e. The third-order valence-corrected chi connectivity index (χ3v) is 7.04. The lowest BCUT2D eigenvalue weighted by Gasteiger charge is -2.28. The number of aromatic nitrogens is 3. The summed E-state index contributed by atoms with van der Waals surface area (Å²) in [5.74, 6) is 0.896. The summed E-state index contributed by atoms with van der Waals surface area (Å²) in [6.07, 6.45) is -0.281. The molecule has 1 unspecified atom stereocenters. The van der Waals surface area contributed by atoms with E-state index in [4.69, 9.17) is 14.6 Å². The summed E-state index contributed by atoms with van der Waals surface area (Å²) in [5.41, 5.74) is 3.56. The average molecular weight is 545 g/mol. The first-order chi connectivity index (χ1) is 18.9. The van der Waals surface area contributed by atoms with Gasteiger partial charge in [-0.05, 0) is 55.7 Å². The third-order valence-electron chi connectivity index (χ3n) is 6.15. The summed E-state index contributed by atoms with van der Waals surface area (Å²) in [5, 5.41) is 8.38. The van der Waals surface area contributed by atoms with Crippen molar-refractivity contribution >= 4 is 23.7 Å². The van der Waals surface area contributed by atoms with Gasteiger partial charge in [0.2, 0.25) is 11.1 Å². The van der Waals surface area contributed by atoms with Crippen LogP contribution in [0.25, 0.3) is 0 Å². The molecule has 0 aliphatic carbocycles. The van der Waals surface area contributed by atoms with Gasteiger partial charge in [-0.3, -0.25) is 0 Å². The Kier molecular flexibility index (Phi) is 7.97. The number of ether oxygens (including phenoxy) is 2. The number of benzene rings is 3. The Balaban J connectivity index is 1.43. The quantitative estimate of drug-likeness (QED) is 0.190. The second-order valence-electron chi connectivity index (χ2n) is 9.41. The zero-order valence-corrected chi connectivity index (χ0v) is 22.7. The molecule has 0 radical (unpaired) electrons. The number of esters is 1. The highest BCUT2D eigenvalue weighted by Gasteiger charge is 2.35. The summed E-state index contributed by atoms with van der Waals surface area (Å²) < 4.78 is 27.4. The van der Waals surface area contributed by atoms with E-state index in [2.05, 4.69) is 10.3 Å². The molecule has 1 N–H and O–H groups in total. The van der Waals surface area contributed by atoms with Crippen molar-refractivity contribution < 1.29 is 18.7 Å². The second-order valence-corrected chi connectivity index (χ2v) is 10.3. The summed E-state index contributed by atoms with van der Waals surface area (Å²) in [6, 6.07) is 23.6. The van der Waals surface area contributed by atoms with Gasteiger partial charge in [0.15, 0.2) is 0 Å². The molecule has 9 heteroatoms. The standard InChI is InChI=1S/C30H29FN4O3S/c1-19(2)38-28(36)26-20(3)32-29-33-30(39-18-23-11-7-8-12-25(23)31)34-35(29)27(26)22-13-15-24(16-14-22)37-17-21-9-5-4-6-10-21/h4-16,19,27H,17-18H2,1-3H3,(H,32,33,34). The Labute approximate surface area is 231 Å². The number of anilines is 1. The molecule has 1 atom stereocenters. The molecule has 1 aromatic heterocycles. The summed E-state index contributed by atoms with van der Waals surface area (Å²) in [4.78, 5) is 17.9. The molecule has 5 rings (SSSR count). The van der Waals surface area contributed by atoms with Crippen molar-refractivity contribution in [3.8, 4) is 5.75 Å². The van der Waals surface area contributed by atoms with Gasteiger partial charge in [-0.25, -0.2) is 13.9 Å². The van der Waals surface area contributed by atoms with Crippen LogP contribution in [0.15, 0.2) is 95.3 Å². The number of allylic oxidation sites excluding steroid dienone is 1. The average Bonchev–Trinajstić information content (AvgIpc) is 3.33. The Bertz CT molecular complexity index is 1490. The highest BCUT2D eigenvalue weighted by atomic mass is 32.2. The molecule has 4 aromatic rings. The van der Waals surface area contributed by atoms with Gasteiger partial charge in [0.1, 0.15) is 24.2 Å². The fourth-order valence-electron chi connectivity index (χ4n) is 4.29. The van der Waals surface area contributed by atoms with Crippen molar-refractivity contribution in [3.63, 3.8) is 0 Å². The van der Waals surface area contributed by atoms with Gasteiger partial charge < -0.3 is 14.8 Å². The molecule has 1 aliphatic heterocycles. The first-order valence-electron chi connectivity index (χ1n) is 12.7. The number of hydrogen-bond acceptors (Lipinski definition) is 7. The lowest BCUT2D eigenvalue weighted by molar-refractivity contribution is -0.143. The van der Waals surface area contributed by atoms with Crippen molar-refractivity contribution in [1.29, 1.82) is 0 Å². The number of carbonyl (C=O) groups is 1. The number of nitrogens with zero attached hydrogens (tertiary/aromatic N) is 3. The Morgan fingerprint density at radius 2 is 1.77 bits per heavy atom. The Morgan fingerprint density at radius 3 is 2.49 bits per heavy atom. The molecule has 39 heavy (non-hydrogen) atoms. The fraction of sp³-hybridized carbons (Fsp3) is 0.233. The van der Waals surface area contributed by atoms with E-state index >= 15 is 0 Å². The van der Waals surface area contributed by atoms with E-state index in [1.807, 2.05) is 75.4 Å². The van der Waals surface area contributed by atoms with Crippen molar-refractivity contribution in [2.45, 2.75) is 50.4 Å². The minimum absolute atomic E-state index is 0.268. The van der Waals surface area contributed by atoms with Crippen LogP contribution in [0.3, 0.4) is 0 Å². The molecule has 7 nitrogen and oxygen atoms in total. The Morgan fingerprint density at radius 1 is 1.05 bits per heavy atom. The van der Waals surface area contributed by atoms with Crippen LogP contribution in [0.5, 0.6) is 5.75 Å². The molecule has 0 saturated carbocycles. The normalized spacial score (nSPS) is 14.6. The lowest BCUT2D eigenvalue weighted by Crippen LogP contribution is -2.30. The summed E-state index contributed by atoms with van der Waals surface area (Å²) in [6.45, 7) is 5.91. The monoisotopic (exact) mass is 544 g/mol. The molecule has 1 aliphatic rings. The number of thioether (sulfide) groups is 1. The van der Waals surface area contributed by atoms with Gasteiger partial charge in [0, 0.05) is 11.4 Å². The van der Waals surface area contributed by atoms with Crippen LogP contribution in [0.4, 0.5) is 10.3 Å². The maximum atomic E-state index is 14.1. The molecule has 0 amide bonds. The zero-order valence-electron chi connectivity index (χ0n) is 21.9. The first-order valence-corrected chi connectivity index (χ1v) is 13.7. The van der Waals surface area contributed by atoms with Gasteiger partial charge in [-0.15, -0.1) is 5.10 Å². The van der Waals surface area contributed by atoms with Crippen molar-refractivity contribution in [3.05, 3.63) is 113 Å². The molecule has 0 bridgehead atoms. The predicted octanol–water partition coefficient (Wildman–Crippen LogP) is 6.53. The lowest BCUT2D eigenvalue weighted by atomic mass is 9.95. The molecule has 0 saturated heterocycles. The third kappa shape index (κ3) is 6.15. The maximum absolute atomic E-state index is 14.1. The van der Waals surface area contributed by atoms with E-state index in [1.54, 1.807) is 22.9 Å². The number of hydrogen-bond donors (Lipinski definition) is 1. The van der Waals surface area contributed by atoms with Gasteiger partial charge in [0.25, 0.3) is 0 Å². The van der Waals surface area contributed by atoms with Gasteiger partial charge in [0.05, 0.1) is 11.7 Å². The van der Waals surface area contributed by atoms with Gasteiger partial charge >= 0.3 is 5.97 Å². The minimum Gasteiger partial charge on any atom is -0.489 e. The van der Waals surface area contributed by atoms with Crippen molar-refractivity contribution in [2.24, 2.45) is 0 Å². The SMILES string of the molecule is CC1=C(C(=O)OC(C)C)C(c2ccc(OCc3ccccc3)cc2)n2nc(SCc3ccccc3F)nc2N1.